The van der Waals surface area contributed by atoms with E-state index in [1.807, 2.05) is 129 Å². The monoisotopic (exact) mass is 1650 g/mol. The molecule has 15 aromatic rings. The van der Waals surface area contributed by atoms with Gasteiger partial charge in [0.15, 0.2) is 0 Å². The van der Waals surface area contributed by atoms with Gasteiger partial charge in [-0.2, -0.15) is 5.26 Å². The Morgan fingerprint density at radius 2 is 0.839 bits per heavy atom. The summed E-state index contributed by atoms with van der Waals surface area (Å²) >= 11 is 9.09. The van der Waals surface area contributed by atoms with E-state index in [2.05, 4.69) is 0 Å². The third-order valence-corrected chi connectivity index (χ3v) is 22.6. The van der Waals surface area contributed by atoms with Crippen LogP contribution in [0.5, 0.6) is 0 Å². The largest absolute Gasteiger partial charge is 0.449 e. The maximum atomic E-state index is 14.2. The maximum absolute atomic E-state index is 14.2. The zero-order chi connectivity index (χ0) is 84.2. The second kappa shape index (κ2) is 35.8. The predicted octanol–water partition coefficient (Wildman–Crippen LogP) is 16.9. The minimum Gasteiger partial charge on any atom is -0.449 e. The summed E-state index contributed by atoms with van der Waals surface area (Å²) in [5, 5.41) is 12.7. The lowest BCUT2D eigenvalue weighted by Crippen LogP contribution is -2.43. The van der Waals surface area contributed by atoms with Crippen molar-refractivity contribution in [2.75, 3.05) is 39.3 Å². The van der Waals surface area contributed by atoms with Crippen LogP contribution in [0.15, 0.2) is 195 Å². The molecule has 3 unspecified atom stereocenters. The standard InChI is InChI=1S/C30H28FN5O4.C30H31FN4O3S.C29H28ClFN4O3S/c1-17(2)26(35(13-12-32)29(37)19-6-4-18(3)5-7-19)28-34-25-23-14-20(31)8-11-24(23)40-27(25)30(38)36(28)16-22-10-9-21(15-33)39-22;1-17(2)26(34(12-11-32)29(36)20-7-5-18(3)6-8-20)28-33-25-23-10-9-21(31)14-24(23)38-27(25)30(37)35(28)15-22-13-19(4)16-39-22;1-16(2)25(34(13-12-32)28(36)18-6-4-17(3)5-7-18)27-33-24-21-10-8-19(31)14-22(21)38-26(24)29(37)35(27)15-20-9-11-23(30)39-20/h4-11,14,17,26H,12-13,16,32H2,1-3H3;5-10,13-14,16-17,26H,11-12,15,32H2,1-4H3;4-11,14,16,25H,12-13,15,32H2,1-3H3. The first-order chi connectivity index (χ1) is 56.6. The molecule has 9 aromatic heterocycles. The van der Waals surface area contributed by atoms with Crippen molar-refractivity contribution in [3.8, 4) is 6.07 Å². The van der Waals surface area contributed by atoms with Crippen molar-refractivity contribution >= 4 is 118 Å². The van der Waals surface area contributed by atoms with Gasteiger partial charge in [0.05, 0.1) is 42.1 Å². The van der Waals surface area contributed by atoms with Crippen LogP contribution in [-0.2, 0) is 19.6 Å². The fraction of sp³-hybridized carbons (Fsp3) is 0.281. The van der Waals surface area contributed by atoms with Crippen molar-refractivity contribution in [3.05, 3.63) is 294 Å². The van der Waals surface area contributed by atoms with Crippen LogP contribution in [0, 0.1) is 74.2 Å². The van der Waals surface area contributed by atoms with Gasteiger partial charge >= 0.3 is 0 Å². The molecule has 3 atom stereocenters. The predicted molar refractivity (Wildman–Crippen MR) is 453 cm³/mol. The van der Waals surface area contributed by atoms with Gasteiger partial charge in [-0.25, -0.2) is 28.1 Å². The Bertz CT molecular complexity index is 6230. The van der Waals surface area contributed by atoms with Gasteiger partial charge in [0, 0.05) is 94.0 Å². The van der Waals surface area contributed by atoms with Crippen molar-refractivity contribution in [1.82, 2.24) is 43.4 Å². The van der Waals surface area contributed by atoms with Gasteiger partial charge in [-0.15, -0.1) is 22.7 Å². The van der Waals surface area contributed by atoms with Gasteiger partial charge in [-0.05, 0) is 166 Å². The number of nitriles is 1. The first kappa shape index (κ1) is 83.8. The molecule has 0 aliphatic heterocycles. The molecule has 6 N–H and O–H groups in total. The van der Waals surface area contributed by atoms with Crippen molar-refractivity contribution in [2.45, 2.75) is 107 Å². The highest BCUT2D eigenvalue weighted by Crippen LogP contribution is 2.38. The second-order valence-electron chi connectivity index (χ2n) is 30.0. The fourth-order valence-electron chi connectivity index (χ4n) is 14.8. The number of aromatic nitrogens is 6. The molecule has 6 aromatic carbocycles. The second-order valence-corrected chi connectivity index (χ2v) is 32.8. The summed E-state index contributed by atoms with van der Waals surface area (Å²) in [7, 11) is 0. The molecule has 29 heteroatoms. The van der Waals surface area contributed by atoms with E-state index < -0.39 is 46.7 Å². The summed E-state index contributed by atoms with van der Waals surface area (Å²) in [6.07, 6.45) is 0. The average molecular weight is 1660 g/mol. The van der Waals surface area contributed by atoms with Gasteiger partial charge in [-0.3, -0.25) is 42.5 Å². The Labute approximate surface area is 688 Å². The first-order valence-corrected chi connectivity index (χ1v) is 40.5. The number of hydrogen-bond donors (Lipinski definition) is 3. The molecule has 23 nitrogen and oxygen atoms in total. The number of thiophene rings is 2. The minimum absolute atomic E-state index is 0.0275. The number of furan rings is 4. The number of carbonyl (C=O) groups is 3. The quantitative estimate of drug-likeness (QED) is 0.0506. The van der Waals surface area contributed by atoms with E-state index in [1.165, 1.54) is 69.0 Å². The molecule has 9 heterocycles. The highest BCUT2D eigenvalue weighted by atomic mass is 35.5. The molecule has 118 heavy (non-hydrogen) atoms. The number of aryl methyl sites for hydroxylation is 4. The number of fused-ring (bicyclic) bond motifs is 9. The normalized spacial score (nSPS) is 12.4. The van der Waals surface area contributed by atoms with E-state index >= 15 is 0 Å². The Hall–Kier alpha value is -12.1. The van der Waals surface area contributed by atoms with Crippen LogP contribution in [0.2, 0.25) is 4.34 Å². The Kier molecular flexibility index (Phi) is 25.4. The number of rotatable bonds is 24. The van der Waals surface area contributed by atoms with Crippen molar-refractivity contribution in [3.63, 3.8) is 0 Å². The fourth-order valence-corrected chi connectivity index (χ4v) is 16.7. The van der Waals surface area contributed by atoms with E-state index in [-0.39, 0.29) is 145 Å². The van der Waals surface area contributed by atoms with E-state index in [1.54, 1.807) is 91.3 Å². The Morgan fingerprint density at radius 1 is 0.458 bits per heavy atom. The minimum atomic E-state index is -0.696. The highest BCUT2D eigenvalue weighted by molar-refractivity contribution is 7.16. The van der Waals surface area contributed by atoms with Gasteiger partial charge in [-0.1, -0.05) is 106 Å². The molecule has 608 valence electrons. The molecule has 15 rings (SSSR count). The first-order valence-electron chi connectivity index (χ1n) is 38.4. The highest BCUT2D eigenvalue weighted by Gasteiger charge is 2.38. The Balaban J connectivity index is 0.000000153. The molecular weight excluding hydrogens is 1570 g/mol. The van der Waals surface area contributed by atoms with Crippen molar-refractivity contribution in [2.24, 2.45) is 35.0 Å². The smallest absolute Gasteiger partial charge is 0.297 e. The molecule has 0 saturated heterocycles. The topological polar surface area (TPSA) is 320 Å². The molecule has 0 bridgehead atoms. The van der Waals surface area contributed by atoms with Crippen LogP contribution in [-0.4, -0.2) is 100 Å². The van der Waals surface area contributed by atoms with Crippen LogP contribution >= 0.6 is 34.3 Å². The summed E-state index contributed by atoms with van der Waals surface area (Å²) in [6.45, 7) is 21.4. The number of hydrogen-bond acceptors (Lipinski definition) is 19. The summed E-state index contributed by atoms with van der Waals surface area (Å²) in [5.41, 5.74) is 24.1. The van der Waals surface area contributed by atoms with Gasteiger partial charge in [0.2, 0.25) is 22.5 Å². The van der Waals surface area contributed by atoms with Crippen LogP contribution in [0.3, 0.4) is 0 Å². The molecule has 0 fully saturated rings. The van der Waals surface area contributed by atoms with Crippen LogP contribution in [0.25, 0.3) is 66.2 Å². The summed E-state index contributed by atoms with van der Waals surface area (Å²) in [5.74, 6) is -1.01. The maximum Gasteiger partial charge on any atom is 0.297 e. The third-order valence-electron chi connectivity index (χ3n) is 20.3. The number of nitrogens with zero attached hydrogens (tertiary/aromatic N) is 10. The SMILES string of the molecule is Cc1ccc(C(=O)N(CCN)C(c2nc3c(oc4cc(F)ccc43)c(=O)n2Cc2cc(C)cs2)C(C)C)cc1.Cc1ccc(C(=O)N(CCN)C(c2nc3c(oc4cc(F)ccc43)c(=O)n2Cc2ccc(Cl)s2)C(C)C)cc1.Cc1ccc(C(=O)N(CCN)C(c2nc3c(oc4ccc(F)cc43)c(=O)n2Cc2ccc(C#N)o2)C(C)C)cc1. The summed E-state index contributed by atoms with van der Waals surface area (Å²) in [4.78, 5) is 105. The van der Waals surface area contributed by atoms with Crippen LogP contribution in [0.4, 0.5) is 13.2 Å². The lowest BCUT2D eigenvalue weighted by atomic mass is 9.99. The lowest BCUT2D eigenvalue weighted by molar-refractivity contribution is 0.0606. The van der Waals surface area contributed by atoms with E-state index in [9.17, 15) is 47.2 Å². The Morgan fingerprint density at radius 3 is 1.20 bits per heavy atom. The van der Waals surface area contributed by atoms with Crippen molar-refractivity contribution < 1.29 is 45.2 Å². The summed E-state index contributed by atoms with van der Waals surface area (Å²) < 4.78 is 70.4. The molecular formula is C89H87ClF3N13O10S2. The average Bonchev–Trinajstić information content (AvgIpc) is 1.55. The van der Waals surface area contributed by atoms with E-state index in [4.69, 9.17) is 61.4 Å². The van der Waals surface area contributed by atoms with Gasteiger partial charge in [0.1, 0.15) is 80.1 Å². The van der Waals surface area contributed by atoms with E-state index in [0.717, 1.165) is 32.0 Å². The molecule has 3 amide bonds. The number of benzene rings is 6. The van der Waals surface area contributed by atoms with Gasteiger partial charge in [0.25, 0.3) is 34.4 Å². The number of nitrogens with two attached hydrogens (primary N) is 3. The van der Waals surface area contributed by atoms with Gasteiger partial charge < -0.3 is 49.6 Å². The number of carbonyl (C=O) groups excluding carboxylic acids is 3. The number of amides is 3. The van der Waals surface area contributed by atoms with Crippen molar-refractivity contribution in [1.29, 1.82) is 5.26 Å². The number of halogens is 4. The zero-order valence-electron chi connectivity index (χ0n) is 66.5. The van der Waals surface area contributed by atoms with Crippen LogP contribution < -0.4 is 33.9 Å². The third kappa shape index (κ3) is 17.5. The molecule has 0 aliphatic carbocycles. The van der Waals surface area contributed by atoms with E-state index in [0.29, 0.717) is 71.2 Å². The zero-order valence-corrected chi connectivity index (χ0v) is 68.9. The summed E-state index contributed by atoms with van der Waals surface area (Å²) in [6, 6.07) is 43.0. The molecule has 0 spiro atoms. The molecule has 0 saturated carbocycles. The molecule has 0 aliphatic rings. The lowest BCUT2D eigenvalue weighted by Gasteiger charge is -2.35. The molecule has 0 radical (unpaired) electrons. The van der Waals surface area contributed by atoms with Crippen LogP contribution in [0.1, 0.15) is 152 Å².